The lowest BCUT2D eigenvalue weighted by molar-refractivity contribution is 0.0603. The molecule has 4 N–H and O–H groups in total. The summed E-state index contributed by atoms with van der Waals surface area (Å²) in [4.78, 5) is 11.8. The number of methoxy groups -OCH3 is 1. The number of ether oxygens (including phenoxy) is 1. The maximum Gasteiger partial charge on any atom is 0.345 e. The van der Waals surface area contributed by atoms with Gasteiger partial charge in [0.1, 0.15) is 11.4 Å². The van der Waals surface area contributed by atoms with Crippen molar-refractivity contribution in [1.82, 2.24) is 15.1 Å². The highest BCUT2D eigenvalue weighted by Crippen LogP contribution is 2.23. The highest BCUT2D eigenvalue weighted by Gasteiger charge is 2.23. The molecule has 0 aliphatic carbocycles. The first-order chi connectivity index (χ1) is 9.67. The van der Waals surface area contributed by atoms with Crippen molar-refractivity contribution in [3.63, 3.8) is 0 Å². The van der Waals surface area contributed by atoms with Gasteiger partial charge in [-0.1, -0.05) is 0 Å². The van der Waals surface area contributed by atoms with Crippen LogP contribution in [-0.2, 0) is 11.3 Å². The Bertz CT molecular complexity index is 466. The third kappa shape index (κ3) is 3.04. The van der Waals surface area contributed by atoms with Crippen molar-refractivity contribution >= 4 is 17.6 Å². The summed E-state index contributed by atoms with van der Waals surface area (Å²) in [6.45, 7) is 5.43. The Morgan fingerprint density at radius 1 is 1.55 bits per heavy atom. The highest BCUT2D eigenvalue weighted by molar-refractivity contribution is 5.99. The van der Waals surface area contributed by atoms with Crippen LogP contribution in [0.25, 0.3) is 0 Å². The monoisotopic (exact) mass is 281 g/mol. The number of hydrogen-bond acceptors (Lipinski definition) is 6. The number of aromatic nitrogens is 2. The number of hydrogen-bond donors (Lipinski definition) is 3. The van der Waals surface area contributed by atoms with Crippen LogP contribution in [0.5, 0.6) is 0 Å². The number of nitrogen functional groups attached to an aromatic ring is 1. The summed E-state index contributed by atoms with van der Waals surface area (Å²) in [5.74, 6) is 1.02. The second-order valence-electron chi connectivity index (χ2n) is 4.99. The number of rotatable bonds is 5. The Morgan fingerprint density at radius 2 is 2.25 bits per heavy atom. The zero-order valence-electron chi connectivity index (χ0n) is 12.1. The molecule has 0 bridgehead atoms. The molecule has 7 heteroatoms. The zero-order valence-corrected chi connectivity index (χ0v) is 12.1. The van der Waals surface area contributed by atoms with Gasteiger partial charge in [-0.3, -0.25) is 0 Å². The van der Waals surface area contributed by atoms with Crippen LogP contribution in [0.3, 0.4) is 0 Å². The summed E-state index contributed by atoms with van der Waals surface area (Å²) < 4.78 is 6.39. The van der Waals surface area contributed by atoms with Crippen LogP contribution >= 0.6 is 0 Å². The number of nitrogens with zero attached hydrogens (tertiary/aromatic N) is 2. The fourth-order valence-electron chi connectivity index (χ4n) is 2.47. The van der Waals surface area contributed by atoms with E-state index in [0.29, 0.717) is 29.7 Å². The van der Waals surface area contributed by atoms with Gasteiger partial charge in [-0.15, -0.1) is 0 Å². The number of nitrogens with two attached hydrogens (primary N) is 1. The predicted molar refractivity (Wildman–Crippen MR) is 77.7 cm³/mol. The van der Waals surface area contributed by atoms with Crippen LogP contribution < -0.4 is 16.4 Å². The third-order valence-corrected chi connectivity index (χ3v) is 3.70. The minimum atomic E-state index is -0.449. The summed E-state index contributed by atoms with van der Waals surface area (Å²) in [5, 5.41) is 10.9. The molecule has 0 spiro atoms. The van der Waals surface area contributed by atoms with Crippen molar-refractivity contribution in [2.45, 2.75) is 26.3 Å². The molecule has 0 radical (unpaired) electrons. The van der Waals surface area contributed by atoms with Crippen LogP contribution in [0, 0.1) is 5.92 Å². The minimum absolute atomic E-state index is 0.336. The largest absolute Gasteiger partial charge is 0.465 e. The molecule has 1 fully saturated rings. The van der Waals surface area contributed by atoms with Gasteiger partial charge in [0.2, 0.25) is 0 Å². The van der Waals surface area contributed by atoms with Crippen molar-refractivity contribution in [2.24, 2.45) is 5.92 Å². The van der Waals surface area contributed by atoms with Crippen molar-refractivity contribution < 1.29 is 9.53 Å². The van der Waals surface area contributed by atoms with Crippen LogP contribution in [-0.4, -0.2) is 42.5 Å². The highest BCUT2D eigenvalue weighted by atomic mass is 16.5. The lowest BCUT2D eigenvalue weighted by Crippen LogP contribution is -2.31. The molecular weight excluding hydrogens is 258 g/mol. The Morgan fingerprint density at radius 3 is 2.85 bits per heavy atom. The van der Waals surface area contributed by atoms with Gasteiger partial charge in [0.25, 0.3) is 0 Å². The van der Waals surface area contributed by atoms with Crippen molar-refractivity contribution in [3.8, 4) is 0 Å². The molecule has 0 atom stereocenters. The summed E-state index contributed by atoms with van der Waals surface area (Å²) >= 11 is 0. The average Bonchev–Trinajstić information content (AvgIpc) is 2.81. The summed E-state index contributed by atoms with van der Waals surface area (Å²) in [5.41, 5.74) is 6.29. The average molecular weight is 281 g/mol. The first kappa shape index (κ1) is 14.6. The first-order valence-electron chi connectivity index (χ1n) is 7.06. The van der Waals surface area contributed by atoms with E-state index in [9.17, 15) is 4.79 Å². The second-order valence-corrected chi connectivity index (χ2v) is 4.99. The van der Waals surface area contributed by atoms with Crippen molar-refractivity contribution in [2.75, 3.05) is 37.8 Å². The normalized spacial score (nSPS) is 16.1. The van der Waals surface area contributed by atoms with E-state index in [4.69, 9.17) is 10.5 Å². The van der Waals surface area contributed by atoms with E-state index in [1.807, 2.05) is 6.92 Å². The number of piperidine rings is 1. The van der Waals surface area contributed by atoms with Crippen LogP contribution in [0.2, 0.25) is 0 Å². The van der Waals surface area contributed by atoms with Gasteiger partial charge in [-0.05, 0) is 38.8 Å². The van der Waals surface area contributed by atoms with E-state index < -0.39 is 5.97 Å². The Kier molecular flexibility index (Phi) is 4.84. The molecule has 20 heavy (non-hydrogen) atoms. The molecule has 0 saturated carbocycles. The van der Waals surface area contributed by atoms with Crippen LogP contribution in [0.1, 0.15) is 30.1 Å². The Hall–Kier alpha value is -1.76. The molecule has 7 nitrogen and oxygen atoms in total. The molecule has 0 unspecified atom stereocenters. The summed E-state index contributed by atoms with van der Waals surface area (Å²) in [6.07, 6.45) is 2.26. The molecule has 2 heterocycles. The molecule has 1 aromatic rings. The molecule has 0 aromatic carbocycles. The van der Waals surface area contributed by atoms with E-state index in [2.05, 4.69) is 15.7 Å². The first-order valence-corrected chi connectivity index (χ1v) is 7.06. The smallest absolute Gasteiger partial charge is 0.345 e. The quantitative estimate of drug-likeness (QED) is 0.687. The fraction of sp³-hybridized carbons (Fsp3) is 0.692. The molecule has 1 aliphatic heterocycles. The molecule has 112 valence electrons. The van der Waals surface area contributed by atoms with Gasteiger partial charge in [0, 0.05) is 13.1 Å². The topological polar surface area (TPSA) is 94.2 Å². The van der Waals surface area contributed by atoms with Gasteiger partial charge in [-0.2, -0.15) is 5.10 Å². The van der Waals surface area contributed by atoms with E-state index in [0.717, 1.165) is 32.5 Å². The predicted octanol–water partition coefficient (Wildman–Crippen LogP) is 0.683. The second kappa shape index (κ2) is 6.60. The van der Waals surface area contributed by atoms with Gasteiger partial charge < -0.3 is 21.1 Å². The molecular formula is C13H23N5O2. The number of esters is 1. The molecule has 1 aromatic heterocycles. The molecule has 1 aliphatic rings. The molecule has 0 amide bonds. The number of carbonyl (C=O) groups is 1. The maximum absolute atomic E-state index is 11.8. The Labute approximate surface area is 118 Å². The van der Waals surface area contributed by atoms with E-state index in [1.54, 1.807) is 4.68 Å². The van der Waals surface area contributed by atoms with E-state index in [1.165, 1.54) is 7.11 Å². The van der Waals surface area contributed by atoms with Gasteiger partial charge in [-0.25, -0.2) is 9.48 Å². The Balaban J connectivity index is 2.11. The van der Waals surface area contributed by atoms with Crippen LogP contribution in [0.15, 0.2) is 0 Å². The van der Waals surface area contributed by atoms with Gasteiger partial charge in [0.15, 0.2) is 5.82 Å². The van der Waals surface area contributed by atoms with Crippen LogP contribution in [0.4, 0.5) is 11.6 Å². The summed E-state index contributed by atoms with van der Waals surface area (Å²) in [7, 11) is 1.35. The summed E-state index contributed by atoms with van der Waals surface area (Å²) in [6, 6.07) is 0. The number of aryl methyl sites for hydroxylation is 1. The van der Waals surface area contributed by atoms with Crippen molar-refractivity contribution in [1.29, 1.82) is 0 Å². The SMILES string of the molecule is CCn1nc(NCC2CCNCC2)c(C(=O)OC)c1N. The molecule has 1 saturated heterocycles. The number of anilines is 2. The minimum Gasteiger partial charge on any atom is -0.465 e. The zero-order chi connectivity index (χ0) is 14.5. The fourth-order valence-corrected chi connectivity index (χ4v) is 2.47. The van der Waals surface area contributed by atoms with Gasteiger partial charge in [0.05, 0.1) is 7.11 Å². The van der Waals surface area contributed by atoms with Gasteiger partial charge >= 0.3 is 5.97 Å². The standard InChI is InChI=1S/C13H23N5O2/c1-3-18-11(14)10(13(19)20-2)12(17-18)16-8-9-4-6-15-7-5-9/h9,15H,3-8,14H2,1-2H3,(H,16,17). The third-order valence-electron chi connectivity index (χ3n) is 3.70. The lowest BCUT2D eigenvalue weighted by atomic mass is 9.98. The number of nitrogens with one attached hydrogen (secondary N) is 2. The lowest BCUT2D eigenvalue weighted by Gasteiger charge is -2.22. The molecule has 2 rings (SSSR count). The van der Waals surface area contributed by atoms with E-state index in [-0.39, 0.29) is 0 Å². The van der Waals surface area contributed by atoms with Crippen molar-refractivity contribution in [3.05, 3.63) is 5.56 Å². The number of carbonyl (C=O) groups excluding carboxylic acids is 1. The van der Waals surface area contributed by atoms with E-state index >= 15 is 0 Å². The maximum atomic E-state index is 11.8.